The Balaban J connectivity index is 2.16. The highest BCUT2D eigenvalue weighted by Crippen LogP contribution is 2.28. The number of aromatic nitrogens is 2. The highest BCUT2D eigenvalue weighted by atomic mass is 16.5. The Hall–Kier alpha value is -2.63. The molecule has 110 valence electrons. The number of carbonyl (C=O) groups is 1. The summed E-state index contributed by atoms with van der Waals surface area (Å²) in [6.45, 7) is 4.32. The van der Waals surface area contributed by atoms with Gasteiger partial charge >= 0.3 is 0 Å². The highest BCUT2D eigenvalue weighted by molar-refractivity contribution is 5.90. The second-order valence-corrected chi connectivity index (χ2v) is 4.42. The standard InChI is InChI=1S/C15H18N4O2/c1-3-9-16-15-17-10-8-14(19-15)21-13-7-5-4-6-12(13)18-11(2)20/h4-8,10H,3,9H2,1-2H3,(H,18,20)(H,16,17,19). The lowest BCUT2D eigenvalue weighted by Crippen LogP contribution is -2.07. The lowest BCUT2D eigenvalue weighted by molar-refractivity contribution is -0.114. The maximum Gasteiger partial charge on any atom is 0.225 e. The van der Waals surface area contributed by atoms with Crippen LogP contribution in [-0.4, -0.2) is 22.4 Å². The van der Waals surface area contributed by atoms with Gasteiger partial charge in [-0.2, -0.15) is 4.98 Å². The van der Waals surface area contributed by atoms with Crippen molar-refractivity contribution in [2.75, 3.05) is 17.2 Å². The Bertz CT molecular complexity index is 616. The van der Waals surface area contributed by atoms with Crippen molar-refractivity contribution in [3.05, 3.63) is 36.5 Å². The molecule has 0 radical (unpaired) electrons. The van der Waals surface area contributed by atoms with Gasteiger partial charge in [-0.05, 0) is 18.6 Å². The first-order chi connectivity index (χ1) is 10.2. The number of nitrogens with one attached hydrogen (secondary N) is 2. The maximum absolute atomic E-state index is 11.2. The van der Waals surface area contributed by atoms with E-state index in [4.69, 9.17) is 4.74 Å². The zero-order valence-corrected chi connectivity index (χ0v) is 12.1. The molecule has 0 fully saturated rings. The Morgan fingerprint density at radius 1 is 1.29 bits per heavy atom. The van der Waals surface area contributed by atoms with Gasteiger partial charge in [0.1, 0.15) is 0 Å². The molecule has 2 rings (SSSR count). The number of nitrogens with zero attached hydrogens (tertiary/aromatic N) is 2. The molecule has 1 amide bonds. The molecule has 0 aliphatic heterocycles. The Kier molecular flexibility index (Phi) is 5.09. The summed E-state index contributed by atoms with van der Waals surface area (Å²) < 4.78 is 5.73. The van der Waals surface area contributed by atoms with E-state index in [1.165, 1.54) is 6.92 Å². The number of rotatable bonds is 6. The maximum atomic E-state index is 11.2. The second kappa shape index (κ2) is 7.23. The van der Waals surface area contributed by atoms with Crippen molar-refractivity contribution in [1.82, 2.24) is 9.97 Å². The van der Waals surface area contributed by atoms with Gasteiger partial charge in [0.15, 0.2) is 5.75 Å². The van der Waals surface area contributed by atoms with Crippen molar-refractivity contribution in [3.63, 3.8) is 0 Å². The Labute approximate surface area is 123 Å². The topological polar surface area (TPSA) is 76.1 Å². The van der Waals surface area contributed by atoms with E-state index in [0.717, 1.165) is 13.0 Å². The molecule has 6 nitrogen and oxygen atoms in total. The van der Waals surface area contributed by atoms with Crippen LogP contribution in [0.3, 0.4) is 0 Å². The minimum absolute atomic E-state index is 0.154. The van der Waals surface area contributed by atoms with Gasteiger partial charge < -0.3 is 15.4 Å². The summed E-state index contributed by atoms with van der Waals surface area (Å²) in [6, 6.07) is 8.87. The van der Waals surface area contributed by atoms with E-state index in [0.29, 0.717) is 23.3 Å². The van der Waals surface area contributed by atoms with Crippen LogP contribution in [0.2, 0.25) is 0 Å². The zero-order valence-electron chi connectivity index (χ0n) is 12.1. The van der Waals surface area contributed by atoms with E-state index >= 15 is 0 Å². The number of anilines is 2. The first-order valence-corrected chi connectivity index (χ1v) is 6.80. The van der Waals surface area contributed by atoms with Gasteiger partial charge in [0, 0.05) is 25.7 Å². The molecular weight excluding hydrogens is 268 g/mol. The Morgan fingerprint density at radius 3 is 2.86 bits per heavy atom. The van der Waals surface area contributed by atoms with Crippen molar-refractivity contribution in [2.45, 2.75) is 20.3 Å². The van der Waals surface area contributed by atoms with Gasteiger partial charge in [-0.1, -0.05) is 19.1 Å². The molecule has 0 saturated heterocycles. The van der Waals surface area contributed by atoms with Crippen LogP contribution in [0.25, 0.3) is 0 Å². The summed E-state index contributed by atoms with van der Waals surface area (Å²) in [4.78, 5) is 19.6. The summed E-state index contributed by atoms with van der Waals surface area (Å²) in [5.74, 6) is 1.32. The predicted molar refractivity (Wildman–Crippen MR) is 81.6 cm³/mol. The second-order valence-electron chi connectivity index (χ2n) is 4.42. The quantitative estimate of drug-likeness (QED) is 0.853. The van der Waals surface area contributed by atoms with E-state index in [9.17, 15) is 4.79 Å². The van der Waals surface area contributed by atoms with E-state index in [2.05, 4.69) is 27.5 Å². The molecule has 0 aliphatic carbocycles. The van der Waals surface area contributed by atoms with Crippen molar-refractivity contribution < 1.29 is 9.53 Å². The molecule has 0 bridgehead atoms. The van der Waals surface area contributed by atoms with Crippen LogP contribution in [-0.2, 0) is 4.79 Å². The lowest BCUT2D eigenvalue weighted by Gasteiger charge is -2.11. The summed E-state index contributed by atoms with van der Waals surface area (Å²) in [7, 11) is 0. The molecule has 6 heteroatoms. The number of ether oxygens (including phenoxy) is 1. The van der Waals surface area contributed by atoms with Crippen LogP contribution in [0, 0.1) is 0 Å². The average Bonchev–Trinajstić information content (AvgIpc) is 2.47. The van der Waals surface area contributed by atoms with Gasteiger partial charge in [-0.3, -0.25) is 4.79 Å². The van der Waals surface area contributed by atoms with Crippen molar-refractivity contribution in [3.8, 4) is 11.6 Å². The normalized spacial score (nSPS) is 10.0. The third-order valence-corrected chi connectivity index (χ3v) is 2.58. The third-order valence-electron chi connectivity index (χ3n) is 2.58. The largest absolute Gasteiger partial charge is 0.437 e. The number of hydrogen-bond acceptors (Lipinski definition) is 5. The molecule has 0 aliphatic rings. The van der Waals surface area contributed by atoms with Crippen LogP contribution in [0.1, 0.15) is 20.3 Å². The SMILES string of the molecule is CCCNc1nccc(Oc2ccccc2NC(C)=O)n1. The van der Waals surface area contributed by atoms with Crippen molar-refractivity contribution >= 4 is 17.5 Å². The minimum atomic E-state index is -0.154. The van der Waals surface area contributed by atoms with Gasteiger partial charge in [0.2, 0.25) is 17.7 Å². The fourth-order valence-corrected chi connectivity index (χ4v) is 1.68. The first kappa shape index (κ1) is 14.8. The van der Waals surface area contributed by atoms with E-state index < -0.39 is 0 Å². The first-order valence-electron chi connectivity index (χ1n) is 6.80. The van der Waals surface area contributed by atoms with Gasteiger partial charge in [-0.15, -0.1) is 0 Å². The molecular formula is C15H18N4O2. The van der Waals surface area contributed by atoms with Crippen molar-refractivity contribution in [2.24, 2.45) is 0 Å². The number of para-hydroxylation sites is 2. The van der Waals surface area contributed by atoms with E-state index in [1.807, 2.05) is 12.1 Å². The third kappa shape index (κ3) is 4.45. The average molecular weight is 286 g/mol. The molecule has 1 aromatic heterocycles. The van der Waals surface area contributed by atoms with Crippen LogP contribution in [0.4, 0.5) is 11.6 Å². The lowest BCUT2D eigenvalue weighted by atomic mass is 10.3. The fourth-order valence-electron chi connectivity index (χ4n) is 1.68. The summed E-state index contributed by atoms with van der Waals surface area (Å²) in [6.07, 6.45) is 2.61. The molecule has 21 heavy (non-hydrogen) atoms. The zero-order chi connectivity index (χ0) is 15.1. The molecule has 0 unspecified atom stereocenters. The molecule has 0 atom stereocenters. The number of amides is 1. The predicted octanol–water partition coefficient (Wildman–Crippen LogP) is 3.05. The molecule has 2 N–H and O–H groups in total. The van der Waals surface area contributed by atoms with E-state index in [1.54, 1.807) is 24.4 Å². The smallest absolute Gasteiger partial charge is 0.225 e. The van der Waals surface area contributed by atoms with Crippen LogP contribution >= 0.6 is 0 Å². The number of hydrogen-bond donors (Lipinski definition) is 2. The Morgan fingerprint density at radius 2 is 2.10 bits per heavy atom. The molecule has 0 spiro atoms. The van der Waals surface area contributed by atoms with Gasteiger partial charge in [0.25, 0.3) is 0 Å². The fraction of sp³-hybridized carbons (Fsp3) is 0.267. The summed E-state index contributed by atoms with van der Waals surface area (Å²) >= 11 is 0. The highest BCUT2D eigenvalue weighted by Gasteiger charge is 2.07. The number of carbonyl (C=O) groups excluding carboxylic acids is 1. The summed E-state index contributed by atoms with van der Waals surface area (Å²) in [5.41, 5.74) is 0.603. The van der Waals surface area contributed by atoms with Gasteiger partial charge in [-0.25, -0.2) is 4.98 Å². The summed E-state index contributed by atoms with van der Waals surface area (Å²) in [5, 5.41) is 5.81. The van der Waals surface area contributed by atoms with Crippen LogP contribution < -0.4 is 15.4 Å². The van der Waals surface area contributed by atoms with Crippen LogP contribution in [0.15, 0.2) is 36.5 Å². The molecule has 0 saturated carbocycles. The molecule has 1 heterocycles. The monoisotopic (exact) mass is 286 g/mol. The number of benzene rings is 1. The van der Waals surface area contributed by atoms with E-state index in [-0.39, 0.29) is 5.91 Å². The molecule has 2 aromatic rings. The van der Waals surface area contributed by atoms with Gasteiger partial charge in [0.05, 0.1) is 5.69 Å². The van der Waals surface area contributed by atoms with Crippen LogP contribution in [0.5, 0.6) is 11.6 Å². The molecule has 1 aromatic carbocycles. The minimum Gasteiger partial charge on any atom is -0.437 e. The van der Waals surface area contributed by atoms with Crippen molar-refractivity contribution in [1.29, 1.82) is 0 Å².